The van der Waals surface area contributed by atoms with Crippen molar-refractivity contribution in [1.29, 1.82) is 0 Å². The second kappa shape index (κ2) is 8.03. The average Bonchev–Trinajstić information content (AvgIpc) is 2.37. The molecule has 19 heavy (non-hydrogen) atoms. The van der Waals surface area contributed by atoms with E-state index < -0.39 is 10.7 Å². The molecule has 8 heteroatoms. The van der Waals surface area contributed by atoms with E-state index in [1.165, 1.54) is 6.07 Å². The number of hydrogen-bond acceptors (Lipinski definition) is 5. The molecule has 0 spiro atoms. The number of ether oxygens (including phenoxy) is 1. The summed E-state index contributed by atoms with van der Waals surface area (Å²) in [6.07, 6.45) is 0. The molecule has 0 saturated heterocycles. The van der Waals surface area contributed by atoms with Crippen LogP contribution in [0.3, 0.4) is 0 Å². The molecule has 1 aromatic rings. The van der Waals surface area contributed by atoms with Gasteiger partial charge in [-0.1, -0.05) is 0 Å². The quantitative estimate of drug-likeness (QED) is 0.432. The van der Waals surface area contributed by atoms with E-state index in [0.717, 1.165) is 6.07 Å². The molecule has 0 aliphatic rings. The zero-order valence-corrected chi connectivity index (χ0v) is 12.0. The highest BCUT2D eigenvalue weighted by Crippen LogP contribution is 2.30. The lowest BCUT2D eigenvalue weighted by molar-refractivity contribution is -0.384. The van der Waals surface area contributed by atoms with Crippen LogP contribution in [0.2, 0.25) is 0 Å². The van der Waals surface area contributed by atoms with Gasteiger partial charge in [-0.25, -0.2) is 4.39 Å². The number of nitro groups is 1. The minimum atomic E-state index is -0.657. The largest absolute Gasteiger partial charge is 0.383 e. The molecule has 2 N–H and O–H groups in total. The molecule has 0 amide bonds. The Morgan fingerprint density at radius 3 is 2.79 bits per heavy atom. The number of nitrogens with one attached hydrogen (secondary N) is 2. The first-order valence-corrected chi connectivity index (χ1v) is 6.42. The summed E-state index contributed by atoms with van der Waals surface area (Å²) in [5.74, 6) is -0.657. The minimum absolute atomic E-state index is 0.188. The second-order valence-corrected chi connectivity index (χ2v) is 4.56. The van der Waals surface area contributed by atoms with Crippen molar-refractivity contribution in [3.8, 4) is 0 Å². The lowest BCUT2D eigenvalue weighted by Gasteiger charge is -2.09. The van der Waals surface area contributed by atoms with Gasteiger partial charge in [-0.15, -0.1) is 0 Å². The van der Waals surface area contributed by atoms with E-state index in [0.29, 0.717) is 26.2 Å². The average molecular weight is 336 g/mol. The normalized spacial score (nSPS) is 10.5. The third-order valence-electron chi connectivity index (χ3n) is 2.34. The summed E-state index contributed by atoms with van der Waals surface area (Å²) in [6, 6.07) is 2.26. The van der Waals surface area contributed by atoms with E-state index in [9.17, 15) is 14.5 Å². The van der Waals surface area contributed by atoms with Gasteiger partial charge in [0.1, 0.15) is 11.5 Å². The summed E-state index contributed by atoms with van der Waals surface area (Å²) in [5.41, 5.74) is 0.00408. The van der Waals surface area contributed by atoms with Crippen molar-refractivity contribution in [3.63, 3.8) is 0 Å². The van der Waals surface area contributed by atoms with Crippen LogP contribution >= 0.6 is 15.9 Å². The van der Waals surface area contributed by atoms with Crippen molar-refractivity contribution in [2.24, 2.45) is 0 Å². The van der Waals surface area contributed by atoms with Crippen LogP contribution in [0, 0.1) is 15.9 Å². The standard InChI is InChI=1S/C11H15BrFN3O3/c1-19-5-4-14-2-3-15-10-6-8(12)9(13)7-11(10)16(17)18/h6-7,14-15H,2-5H2,1H3. The Morgan fingerprint density at radius 2 is 2.16 bits per heavy atom. The van der Waals surface area contributed by atoms with Gasteiger partial charge < -0.3 is 15.4 Å². The van der Waals surface area contributed by atoms with Gasteiger partial charge in [0.05, 0.1) is 22.1 Å². The molecule has 0 heterocycles. The van der Waals surface area contributed by atoms with E-state index in [4.69, 9.17) is 4.74 Å². The smallest absolute Gasteiger partial charge is 0.295 e. The number of nitro benzene ring substituents is 1. The van der Waals surface area contributed by atoms with Crippen LogP contribution in [0.4, 0.5) is 15.8 Å². The molecule has 106 valence electrons. The third kappa shape index (κ3) is 5.09. The molecule has 0 radical (unpaired) electrons. The van der Waals surface area contributed by atoms with Crippen molar-refractivity contribution < 1.29 is 14.1 Å². The van der Waals surface area contributed by atoms with Gasteiger partial charge in [0.2, 0.25) is 0 Å². The van der Waals surface area contributed by atoms with Crippen molar-refractivity contribution in [2.75, 3.05) is 38.7 Å². The summed E-state index contributed by atoms with van der Waals surface area (Å²) in [5, 5.41) is 16.8. The van der Waals surface area contributed by atoms with Gasteiger partial charge in [-0.2, -0.15) is 0 Å². The summed E-state index contributed by atoms with van der Waals surface area (Å²) in [7, 11) is 1.61. The number of methoxy groups -OCH3 is 1. The van der Waals surface area contributed by atoms with Crippen LogP contribution in [-0.4, -0.2) is 38.3 Å². The predicted octanol–water partition coefficient (Wildman–Crippen LogP) is 2.14. The van der Waals surface area contributed by atoms with Crippen LogP contribution in [0.25, 0.3) is 0 Å². The SMILES string of the molecule is COCCNCCNc1cc(Br)c(F)cc1[N+](=O)[O-]. The molecular weight excluding hydrogens is 321 g/mol. The first-order valence-electron chi connectivity index (χ1n) is 5.63. The molecular formula is C11H15BrFN3O3. The fourth-order valence-electron chi connectivity index (χ4n) is 1.41. The number of hydrogen-bond donors (Lipinski definition) is 2. The van der Waals surface area contributed by atoms with Crippen molar-refractivity contribution in [1.82, 2.24) is 5.32 Å². The van der Waals surface area contributed by atoms with Crippen molar-refractivity contribution >= 4 is 27.3 Å². The van der Waals surface area contributed by atoms with Crippen LogP contribution in [-0.2, 0) is 4.74 Å². The lowest BCUT2D eigenvalue weighted by Crippen LogP contribution is -2.25. The Morgan fingerprint density at radius 1 is 1.42 bits per heavy atom. The van der Waals surface area contributed by atoms with E-state index in [-0.39, 0.29) is 15.8 Å². The van der Waals surface area contributed by atoms with Gasteiger partial charge in [0, 0.05) is 26.7 Å². The summed E-state index contributed by atoms with van der Waals surface area (Å²) in [4.78, 5) is 10.2. The highest BCUT2D eigenvalue weighted by molar-refractivity contribution is 9.10. The van der Waals surface area contributed by atoms with E-state index in [1.807, 2.05) is 0 Å². The van der Waals surface area contributed by atoms with Gasteiger partial charge in [0.25, 0.3) is 5.69 Å². The summed E-state index contributed by atoms with van der Waals surface area (Å²) >= 11 is 3.00. The molecule has 0 bridgehead atoms. The molecule has 0 aromatic heterocycles. The number of anilines is 1. The van der Waals surface area contributed by atoms with Gasteiger partial charge in [-0.3, -0.25) is 10.1 Å². The fourth-order valence-corrected chi connectivity index (χ4v) is 1.76. The van der Waals surface area contributed by atoms with E-state index >= 15 is 0 Å². The van der Waals surface area contributed by atoms with Crippen LogP contribution in [0.15, 0.2) is 16.6 Å². The van der Waals surface area contributed by atoms with Crippen LogP contribution in [0.5, 0.6) is 0 Å². The van der Waals surface area contributed by atoms with Crippen LogP contribution < -0.4 is 10.6 Å². The summed E-state index contributed by atoms with van der Waals surface area (Å²) in [6.45, 7) is 2.41. The number of halogens is 2. The number of nitrogens with zero attached hydrogens (tertiary/aromatic N) is 1. The maximum Gasteiger partial charge on any atom is 0.295 e. The Labute approximate surface area is 118 Å². The highest BCUT2D eigenvalue weighted by Gasteiger charge is 2.17. The summed E-state index contributed by atoms with van der Waals surface area (Å²) < 4.78 is 18.3. The highest BCUT2D eigenvalue weighted by atomic mass is 79.9. The first kappa shape index (κ1) is 15.8. The first-order chi connectivity index (χ1) is 9.06. The van der Waals surface area contributed by atoms with Gasteiger partial charge in [-0.05, 0) is 22.0 Å². The molecule has 0 unspecified atom stereocenters. The van der Waals surface area contributed by atoms with Crippen LogP contribution in [0.1, 0.15) is 0 Å². The molecule has 6 nitrogen and oxygen atoms in total. The van der Waals surface area contributed by atoms with E-state index in [2.05, 4.69) is 26.6 Å². The topological polar surface area (TPSA) is 76.4 Å². The fraction of sp³-hybridized carbons (Fsp3) is 0.455. The van der Waals surface area contributed by atoms with Crippen molar-refractivity contribution in [2.45, 2.75) is 0 Å². The maximum atomic E-state index is 13.2. The Bertz CT molecular complexity index is 445. The molecule has 1 rings (SSSR count). The monoisotopic (exact) mass is 335 g/mol. The minimum Gasteiger partial charge on any atom is -0.383 e. The molecule has 0 saturated carbocycles. The second-order valence-electron chi connectivity index (χ2n) is 3.71. The third-order valence-corrected chi connectivity index (χ3v) is 2.94. The van der Waals surface area contributed by atoms with Gasteiger partial charge in [0.15, 0.2) is 0 Å². The zero-order chi connectivity index (χ0) is 14.3. The van der Waals surface area contributed by atoms with E-state index in [1.54, 1.807) is 7.11 Å². The molecule has 0 aliphatic carbocycles. The Kier molecular flexibility index (Phi) is 6.68. The Balaban J connectivity index is 2.57. The van der Waals surface area contributed by atoms with Gasteiger partial charge >= 0.3 is 0 Å². The maximum absolute atomic E-state index is 13.2. The molecule has 0 fully saturated rings. The molecule has 0 aliphatic heterocycles. The Hall–Kier alpha value is -1.25. The molecule has 1 aromatic carbocycles. The lowest BCUT2D eigenvalue weighted by atomic mass is 10.2. The number of benzene rings is 1. The number of rotatable bonds is 8. The van der Waals surface area contributed by atoms with Crippen molar-refractivity contribution in [3.05, 3.63) is 32.5 Å². The molecule has 0 atom stereocenters. The predicted molar refractivity (Wildman–Crippen MR) is 74.0 cm³/mol. The zero-order valence-electron chi connectivity index (χ0n) is 10.4.